The van der Waals surface area contributed by atoms with E-state index in [0.29, 0.717) is 0 Å². The molecule has 0 fully saturated rings. The van der Waals surface area contributed by atoms with Crippen LogP contribution in [0.25, 0.3) is 0 Å². The van der Waals surface area contributed by atoms with E-state index in [1.807, 2.05) is 30.3 Å². The van der Waals surface area contributed by atoms with Crippen LogP contribution in [0.5, 0.6) is 0 Å². The lowest BCUT2D eigenvalue weighted by molar-refractivity contribution is 0.408. The third kappa shape index (κ3) is 8.81. The van der Waals surface area contributed by atoms with Crippen LogP contribution in [0.3, 0.4) is 0 Å². The molecule has 0 aliphatic rings. The highest BCUT2D eigenvalue weighted by molar-refractivity contribution is 7.88. The monoisotopic (exact) mass is 354 g/mol. The molecular formula is C19H34N2O2S. The number of hydrogen-bond donors (Lipinski definition) is 2. The van der Waals surface area contributed by atoms with E-state index in [2.05, 4.69) is 18.6 Å². The Balaban J connectivity index is 2.66. The van der Waals surface area contributed by atoms with Gasteiger partial charge in [0.2, 0.25) is 10.0 Å². The normalized spacial score (nSPS) is 14.5. The van der Waals surface area contributed by atoms with Crippen LogP contribution < -0.4 is 10.5 Å². The van der Waals surface area contributed by atoms with Gasteiger partial charge in [-0.2, -0.15) is 0 Å². The number of hydrogen-bond acceptors (Lipinski definition) is 3. The Morgan fingerprint density at radius 3 is 2.12 bits per heavy atom. The van der Waals surface area contributed by atoms with Crippen LogP contribution in [0.4, 0.5) is 0 Å². The molecular weight excluding hydrogens is 320 g/mol. The van der Waals surface area contributed by atoms with Crippen LogP contribution >= 0.6 is 0 Å². The fourth-order valence-electron chi connectivity index (χ4n) is 2.87. The van der Waals surface area contributed by atoms with Gasteiger partial charge in [0.25, 0.3) is 0 Å². The zero-order chi connectivity index (χ0) is 17.8. The fourth-order valence-corrected chi connectivity index (χ4v) is 4.34. The van der Waals surface area contributed by atoms with Crippen molar-refractivity contribution in [1.29, 1.82) is 0 Å². The first-order valence-electron chi connectivity index (χ1n) is 9.28. The second kappa shape index (κ2) is 11.6. The van der Waals surface area contributed by atoms with Gasteiger partial charge in [0, 0.05) is 12.1 Å². The lowest BCUT2D eigenvalue weighted by atomic mass is 9.98. The minimum absolute atomic E-state index is 0.0137. The summed E-state index contributed by atoms with van der Waals surface area (Å²) < 4.78 is 27.9. The van der Waals surface area contributed by atoms with Gasteiger partial charge in [-0.25, -0.2) is 13.1 Å². The molecule has 2 unspecified atom stereocenters. The SMILES string of the molecule is CCCCCC(N)C(CCCCC)NS(=O)(=O)Cc1ccccc1. The molecule has 3 N–H and O–H groups in total. The maximum Gasteiger partial charge on any atom is 0.216 e. The van der Waals surface area contributed by atoms with Crippen LogP contribution in [0, 0.1) is 0 Å². The van der Waals surface area contributed by atoms with E-state index in [1.54, 1.807) is 0 Å². The molecule has 0 amide bonds. The summed E-state index contributed by atoms with van der Waals surface area (Å²) in [5, 5.41) is 0. The lowest BCUT2D eigenvalue weighted by Crippen LogP contribution is -2.47. The summed E-state index contributed by atoms with van der Waals surface area (Å²) in [6, 6.07) is 9.01. The van der Waals surface area contributed by atoms with E-state index >= 15 is 0 Å². The number of nitrogens with one attached hydrogen (secondary N) is 1. The van der Waals surface area contributed by atoms with Gasteiger partial charge in [-0.05, 0) is 18.4 Å². The third-order valence-electron chi connectivity index (χ3n) is 4.31. The Morgan fingerprint density at radius 2 is 1.54 bits per heavy atom. The highest BCUT2D eigenvalue weighted by Crippen LogP contribution is 2.14. The van der Waals surface area contributed by atoms with E-state index in [4.69, 9.17) is 5.73 Å². The number of benzene rings is 1. The summed E-state index contributed by atoms with van der Waals surface area (Å²) in [6.07, 6.45) is 8.28. The molecule has 0 aliphatic heterocycles. The average Bonchev–Trinajstić information content (AvgIpc) is 2.54. The summed E-state index contributed by atoms with van der Waals surface area (Å²) in [7, 11) is -3.38. The Labute approximate surface area is 148 Å². The minimum Gasteiger partial charge on any atom is -0.326 e. The summed E-state index contributed by atoms with van der Waals surface area (Å²) in [4.78, 5) is 0. The molecule has 0 saturated carbocycles. The van der Waals surface area contributed by atoms with E-state index in [-0.39, 0.29) is 17.8 Å². The number of rotatable bonds is 13. The molecule has 0 radical (unpaired) electrons. The topological polar surface area (TPSA) is 72.2 Å². The predicted octanol–water partition coefficient (Wildman–Crippen LogP) is 3.96. The van der Waals surface area contributed by atoms with E-state index < -0.39 is 10.0 Å². The first kappa shape index (κ1) is 21.1. The van der Waals surface area contributed by atoms with Gasteiger partial charge in [0.1, 0.15) is 0 Å². The largest absolute Gasteiger partial charge is 0.326 e. The fraction of sp³-hybridized carbons (Fsp3) is 0.684. The smallest absolute Gasteiger partial charge is 0.216 e. The molecule has 0 saturated heterocycles. The summed E-state index contributed by atoms with van der Waals surface area (Å²) in [5.41, 5.74) is 7.12. The van der Waals surface area contributed by atoms with Crippen molar-refractivity contribution in [1.82, 2.24) is 4.72 Å². The quantitative estimate of drug-likeness (QED) is 0.527. The molecule has 1 rings (SSSR count). The Kier molecular flexibility index (Phi) is 10.2. The Hall–Kier alpha value is -0.910. The number of nitrogens with two attached hydrogens (primary N) is 1. The van der Waals surface area contributed by atoms with Crippen molar-refractivity contribution in [2.24, 2.45) is 5.73 Å². The predicted molar refractivity (Wildman–Crippen MR) is 102 cm³/mol. The van der Waals surface area contributed by atoms with Gasteiger partial charge in [-0.15, -0.1) is 0 Å². The molecule has 0 aliphatic carbocycles. The Bertz CT molecular complexity index is 532. The van der Waals surface area contributed by atoms with Crippen LogP contribution in [0.1, 0.15) is 70.8 Å². The standard InChI is InChI=1S/C19H34N2O2S/c1-3-5-8-14-18(20)19(15-9-6-4-2)21-24(22,23)16-17-12-10-7-11-13-17/h7,10-13,18-19,21H,3-6,8-9,14-16,20H2,1-2H3. The van der Waals surface area contributed by atoms with E-state index in [1.165, 1.54) is 0 Å². The zero-order valence-electron chi connectivity index (χ0n) is 15.2. The first-order valence-corrected chi connectivity index (χ1v) is 10.9. The van der Waals surface area contributed by atoms with Crippen molar-refractivity contribution >= 4 is 10.0 Å². The molecule has 0 bridgehead atoms. The van der Waals surface area contributed by atoms with Gasteiger partial charge in [-0.3, -0.25) is 0 Å². The van der Waals surface area contributed by atoms with E-state index in [0.717, 1.165) is 56.9 Å². The summed E-state index contributed by atoms with van der Waals surface area (Å²) >= 11 is 0. The molecule has 5 heteroatoms. The molecule has 4 nitrogen and oxygen atoms in total. The second-order valence-corrected chi connectivity index (χ2v) is 8.38. The van der Waals surface area contributed by atoms with Crippen molar-refractivity contribution in [2.45, 2.75) is 83.1 Å². The summed E-state index contributed by atoms with van der Waals surface area (Å²) in [6.45, 7) is 4.31. The number of unbranched alkanes of at least 4 members (excludes halogenated alkanes) is 4. The lowest BCUT2D eigenvalue weighted by Gasteiger charge is -2.25. The maximum atomic E-state index is 12.5. The molecule has 24 heavy (non-hydrogen) atoms. The molecule has 0 spiro atoms. The molecule has 0 heterocycles. The summed E-state index contributed by atoms with van der Waals surface area (Å²) in [5.74, 6) is 0.0137. The first-order chi connectivity index (χ1) is 11.5. The van der Waals surface area contributed by atoms with Crippen LogP contribution in [0.2, 0.25) is 0 Å². The molecule has 1 aromatic carbocycles. The zero-order valence-corrected chi connectivity index (χ0v) is 16.0. The molecule has 2 atom stereocenters. The van der Waals surface area contributed by atoms with Gasteiger partial charge >= 0.3 is 0 Å². The molecule has 0 aromatic heterocycles. The van der Waals surface area contributed by atoms with Crippen LogP contribution in [-0.2, 0) is 15.8 Å². The van der Waals surface area contributed by atoms with E-state index in [9.17, 15) is 8.42 Å². The van der Waals surface area contributed by atoms with Crippen LogP contribution in [0.15, 0.2) is 30.3 Å². The Morgan fingerprint density at radius 1 is 0.958 bits per heavy atom. The van der Waals surface area contributed by atoms with Crippen molar-refractivity contribution in [3.63, 3.8) is 0 Å². The number of sulfonamides is 1. The van der Waals surface area contributed by atoms with Gasteiger partial charge in [-0.1, -0.05) is 82.7 Å². The van der Waals surface area contributed by atoms with Gasteiger partial charge < -0.3 is 5.73 Å². The second-order valence-electron chi connectivity index (χ2n) is 6.62. The van der Waals surface area contributed by atoms with Crippen molar-refractivity contribution in [2.75, 3.05) is 0 Å². The third-order valence-corrected chi connectivity index (χ3v) is 5.68. The van der Waals surface area contributed by atoms with Gasteiger partial charge in [0.15, 0.2) is 0 Å². The van der Waals surface area contributed by atoms with Gasteiger partial charge in [0.05, 0.1) is 5.75 Å². The minimum atomic E-state index is -3.38. The van der Waals surface area contributed by atoms with Crippen LogP contribution in [-0.4, -0.2) is 20.5 Å². The maximum absolute atomic E-state index is 12.5. The molecule has 138 valence electrons. The highest BCUT2D eigenvalue weighted by atomic mass is 32.2. The van der Waals surface area contributed by atoms with Crippen molar-refractivity contribution in [3.05, 3.63) is 35.9 Å². The highest BCUT2D eigenvalue weighted by Gasteiger charge is 2.23. The van der Waals surface area contributed by atoms with Crippen molar-refractivity contribution < 1.29 is 8.42 Å². The molecule has 1 aromatic rings. The van der Waals surface area contributed by atoms with Crippen molar-refractivity contribution in [3.8, 4) is 0 Å². The average molecular weight is 355 g/mol.